The van der Waals surface area contributed by atoms with Gasteiger partial charge in [-0.1, -0.05) is 6.92 Å². The molecule has 1 N–H and O–H groups in total. The van der Waals surface area contributed by atoms with Crippen molar-refractivity contribution < 1.29 is 13.9 Å². The van der Waals surface area contributed by atoms with Crippen LogP contribution in [0.5, 0.6) is 5.75 Å². The Morgan fingerprint density at radius 1 is 1.27 bits per heavy atom. The van der Waals surface area contributed by atoms with Crippen molar-refractivity contribution in [2.24, 2.45) is 30.7 Å². The summed E-state index contributed by atoms with van der Waals surface area (Å²) in [4.78, 5) is 17.1. The topological polar surface area (TPSA) is 69.0 Å². The number of benzene rings is 1. The van der Waals surface area contributed by atoms with Gasteiger partial charge in [-0.15, -0.1) is 0 Å². The summed E-state index contributed by atoms with van der Waals surface area (Å²) in [6, 6.07) is 8.18. The molecule has 0 saturated heterocycles. The number of aromatic nitrogens is 3. The Balaban J connectivity index is 1.23. The number of amides is 1. The van der Waals surface area contributed by atoms with E-state index in [9.17, 15) is 9.18 Å². The van der Waals surface area contributed by atoms with Gasteiger partial charge in [0.2, 0.25) is 5.91 Å². The molecule has 5 atom stereocenters. The average Bonchev–Trinajstić information content (AvgIpc) is 3.03. The maximum Gasteiger partial charge on any atom is 0.228 e. The van der Waals surface area contributed by atoms with Gasteiger partial charge in [0.25, 0.3) is 0 Å². The molecule has 6 nitrogen and oxygen atoms in total. The number of nitrogens with one attached hydrogen (secondary N) is 1. The van der Waals surface area contributed by atoms with Crippen LogP contribution in [-0.2, 0) is 11.8 Å². The first-order valence-corrected chi connectivity index (χ1v) is 10.5. The lowest BCUT2D eigenvalue weighted by Crippen LogP contribution is -2.28. The number of anilines is 1. The Kier molecular flexibility index (Phi) is 4.68. The van der Waals surface area contributed by atoms with Crippen LogP contribution in [0.4, 0.5) is 10.2 Å². The van der Waals surface area contributed by atoms with E-state index in [1.165, 1.54) is 12.1 Å². The molecule has 30 heavy (non-hydrogen) atoms. The van der Waals surface area contributed by atoms with E-state index >= 15 is 0 Å². The third-order valence-electron chi connectivity index (χ3n) is 6.74. The van der Waals surface area contributed by atoms with Crippen molar-refractivity contribution in [1.29, 1.82) is 0 Å². The van der Waals surface area contributed by atoms with Gasteiger partial charge in [-0.3, -0.25) is 14.5 Å². The standard InChI is InChI=1S/C23H25FN4O2/c1-3-15(23(29)27-21-7-9-26-28(21)2)22-16-11-14(12-17(16)22)30-20-6-8-25-19-5-4-13(24)10-18(19)20/h4-10,14-17,22H,3,11-12H2,1-2H3,(H,27,29)/t14?,15?,16-,17+,22?. The molecule has 2 aliphatic rings. The molecule has 3 unspecified atom stereocenters. The van der Waals surface area contributed by atoms with E-state index in [0.29, 0.717) is 28.9 Å². The summed E-state index contributed by atoms with van der Waals surface area (Å²) in [6.45, 7) is 2.08. The summed E-state index contributed by atoms with van der Waals surface area (Å²) in [6.07, 6.45) is 6.17. The Labute approximate surface area is 174 Å². The number of fused-ring (bicyclic) bond motifs is 2. The minimum absolute atomic E-state index is 0.00620. The Hall–Kier alpha value is -2.96. The van der Waals surface area contributed by atoms with Gasteiger partial charge in [0.05, 0.1) is 17.8 Å². The largest absolute Gasteiger partial charge is 0.490 e. The van der Waals surface area contributed by atoms with Gasteiger partial charge in [-0.2, -0.15) is 5.10 Å². The number of nitrogens with zero attached hydrogens (tertiary/aromatic N) is 3. The second kappa shape index (κ2) is 7.38. The summed E-state index contributed by atoms with van der Waals surface area (Å²) >= 11 is 0. The van der Waals surface area contributed by atoms with Crippen molar-refractivity contribution in [3.05, 3.63) is 48.5 Å². The van der Waals surface area contributed by atoms with Crippen molar-refractivity contribution in [3.63, 3.8) is 0 Å². The molecule has 0 aliphatic heterocycles. The van der Waals surface area contributed by atoms with Crippen LogP contribution in [0.25, 0.3) is 10.9 Å². The Bertz CT molecular complexity index is 1090. The van der Waals surface area contributed by atoms with Gasteiger partial charge in [-0.05, 0) is 61.3 Å². The number of carbonyl (C=O) groups excluding carboxylic acids is 1. The van der Waals surface area contributed by atoms with Crippen LogP contribution in [0.3, 0.4) is 0 Å². The van der Waals surface area contributed by atoms with Crippen molar-refractivity contribution in [1.82, 2.24) is 14.8 Å². The molecule has 2 aliphatic carbocycles. The number of rotatable bonds is 6. The minimum Gasteiger partial charge on any atom is -0.490 e. The van der Waals surface area contributed by atoms with E-state index in [2.05, 4.69) is 22.3 Å². The normalized spacial score (nSPS) is 25.7. The number of halogens is 1. The smallest absolute Gasteiger partial charge is 0.228 e. The SMILES string of the molecule is CCC(C(=O)Nc1ccnn1C)C1[C@H]2CC(Oc3ccnc4ccc(F)cc34)C[C@@H]12. The van der Waals surface area contributed by atoms with Crippen LogP contribution < -0.4 is 10.1 Å². The molecule has 0 spiro atoms. The molecule has 0 radical (unpaired) electrons. The summed E-state index contributed by atoms with van der Waals surface area (Å²) in [7, 11) is 1.82. The number of carbonyl (C=O) groups is 1. The summed E-state index contributed by atoms with van der Waals surface area (Å²) in [5, 5.41) is 7.83. The lowest BCUT2D eigenvalue weighted by atomic mass is 9.93. The molecule has 5 rings (SSSR count). The Morgan fingerprint density at radius 3 is 2.77 bits per heavy atom. The van der Waals surface area contributed by atoms with Crippen LogP contribution in [0, 0.1) is 29.5 Å². The molecule has 2 heterocycles. The molecule has 7 heteroatoms. The van der Waals surface area contributed by atoms with E-state index < -0.39 is 0 Å². The van der Waals surface area contributed by atoms with Gasteiger partial charge in [0.1, 0.15) is 17.4 Å². The molecular weight excluding hydrogens is 383 g/mol. The number of hydrogen-bond acceptors (Lipinski definition) is 4. The fourth-order valence-electron chi connectivity index (χ4n) is 5.26. The zero-order chi connectivity index (χ0) is 20.8. The lowest BCUT2D eigenvalue weighted by Gasteiger charge is -2.21. The molecule has 0 bridgehead atoms. The van der Waals surface area contributed by atoms with Crippen LogP contribution >= 0.6 is 0 Å². The fourth-order valence-corrected chi connectivity index (χ4v) is 5.26. The third kappa shape index (κ3) is 3.32. The van der Waals surface area contributed by atoms with Crippen LogP contribution in [0.15, 0.2) is 42.7 Å². The quantitative estimate of drug-likeness (QED) is 0.665. The van der Waals surface area contributed by atoms with Crippen molar-refractivity contribution in [3.8, 4) is 5.75 Å². The second-order valence-corrected chi connectivity index (χ2v) is 8.43. The first-order valence-electron chi connectivity index (χ1n) is 10.5. The van der Waals surface area contributed by atoms with Crippen LogP contribution in [0.1, 0.15) is 26.2 Å². The van der Waals surface area contributed by atoms with E-state index in [0.717, 1.165) is 30.6 Å². The van der Waals surface area contributed by atoms with E-state index in [4.69, 9.17) is 4.74 Å². The molecule has 2 saturated carbocycles. The molecule has 2 fully saturated rings. The van der Waals surface area contributed by atoms with Gasteiger partial charge >= 0.3 is 0 Å². The highest BCUT2D eigenvalue weighted by Crippen LogP contribution is 2.62. The average molecular weight is 408 g/mol. The predicted octanol–water partition coefficient (Wildman–Crippen LogP) is 4.18. The van der Waals surface area contributed by atoms with Crippen LogP contribution in [-0.4, -0.2) is 26.8 Å². The maximum atomic E-state index is 13.7. The molecular formula is C23H25FN4O2. The van der Waals surface area contributed by atoms with Crippen molar-refractivity contribution in [2.75, 3.05) is 5.32 Å². The van der Waals surface area contributed by atoms with Gasteiger partial charge < -0.3 is 10.1 Å². The van der Waals surface area contributed by atoms with Crippen molar-refractivity contribution in [2.45, 2.75) is 32.3 Å². The molecule has 3 aromatic rings. The van der Waals surface area contributed by atoms with Gasteiger partial charge in [0.15, 0.2) is 0 Å². The van der Waals surface area contributed by atoms with Crippen molar-refractivity contribution >= 4 is 22.6 Å². The zero-order valence-electron chi connectivity index (χ0n) is 17.1. The monoisotopic (exact) mass is 408 g/mol. The lowest BCUT2D eigenvalue weighted by molar-refractivity contribution is -0.121. The maximum absolute atomic E-state index is 13.7. The summed E-state index contributed by atoms with van der Waals surface area (Å²) in [5.41, 5.74) is 0.729. The highest BCUT2D eigenvalue weighted by Gasteiger charge is 2.60. The van der Waals surface area contributed by atoms with E-state index in [-0.39, 0.29) is 23.7 Å². The van der Waals surface area contributed by atoms with Gasteiger partial charge in [-0.25, -0.2) is 4.39 Å². The fraction of sp³-hybridized carbons (Fsp3) is 0.435. The highest BCUT2D eigenvalue weighted by molar-refractivity contribution is 5.92. The molecule has 2 aromatic heterocycles. The molecule has 156 valence electrons. The Morgan fingerprint density at radius 2 is 2.07 bits per heavy atom. The first-order chi connectivity index (χ1) is 14.5. The zero-order valence-corrected chi connectivity index (χ0v) is 17.1. The minimum atomic E-state index is -0.292. The van der Waals surface area contributed by atoms with Gasteiger partial charge in [0, 0.05) is 30.6 Å². The number of aryl methyl sites for hydroxylation is 1. The number of hydrogen-bond donors (Lipinski definition) is 1. The predicted molar refractivity (Wildman–Crippen MR) is 111 cm³/mol. The third-order valence-corrected chi connectivity index (χ3v) is 6.74. The molecule has 1 amide bonds. The highest BCUT2D eigenvalue weighted by atomic mass is 19.1. The van der Waals surface area contributed by atoms with E-state index in [1.54, 1.807) is 29.2 Å². The first kappa shape index (κ1) is 19.0. The second-order valence-electron chi connectivity index (χ2n) is 8.43. The summed E-state index contributed by atoms with van der Waals surface area (Å²) < 4.78 is 21.6. The summed E-state index contributed by atoms with van der Waals surface area (Å²) in [5.74, 6) is 2.64. The molecule has 1 aromatic carbocycles. The number of ether oxygens (including phenoxy) is 1. The van der Waals surface area contributed by atoms with Crippen LogP contribution in [0.2, 0.25) is 0 Å². The van der Waals surface area contributed by atoms with E-state index in [1.807, 2.05) is 13.1 Å². The number of pyridine rings is 1.